The number of hydrogen-bond acceptors (Lipinski definition) is 3. The second kappa shape index (κ2) is 5.78. The molecule has 2 aromatic rings. The van der Waals surface area contributed by atoms with Gasteiger partial charge in [0.05, 0.1) is 17.5 Å². The van der Waals surface area contributed by atoms with Crippen LogP contribution in [0, 0.1) is 12.7 Å². The Balaban J connectivity index is 1.72. The van der Waals surface area contributed by atoms with Crippen LogP contribution in [0.3, 0.4) is 0 Å². The molecule has 3 rings (SSSR count). The largest absolute Gasteiger partial charge is 0.257 e. The van der Waals surface area contributed by atoms with Crippen LogP contribution in [0.4, 0.5) is 4.39 Å². The predicted molar refractivity (Wildman–Crippen MR) is 82.3 cm³/mol. The standard InChI is InChI=1S/C16H17FN2O2S/c1-11-6-7-18-15(16(11)17)10-19-22(20,21)14-8-12-4-2-3-5-13(12)9-14/h2-7,14,19H,8-10H2,1H3. The summed E-state index contributed by atoms with van der Waals surface area (Å²) in [4.78, 5) is 3.91. The Kier molecular flexibility index (Phi) is 3.97. The van der Waals surface area contributed by atoms with Gasteiger partial charge in [0.1, 0.15) is 5.82 Å². The van der Waals surface area contributed by atoms with Crippen molar-refractivity contribution in [1.29, 1.82) is 0 Å². The molecule has 0 saturated carbocycles. The lowest BCUT2D eigenvalue weighted by Gasteiger charge is -2.12. The summed E-state index contributed by atoms with van der Waals surface area (Å²) in [7, 11) is -3.51. The fraction of sp³-hybridized carbons (Fsp3) is 0.312. The highest BCUT2D eigenvalue weighted by molar-refractivity contribution is 7.90. The number of halogens is 1. The third-order valence-electron chi connectivity index (χ3n) is 4.05. The molecule has 0 aliphatic heterocycles. The summed E-state index contributed by atoms with van der Waals surface area (Å²) in [5, 5.41) is -0.502. The smallest absolute Gasteiger partial charge is 0.215 e. The maximum Gasteiger partial charge on any atom is 0.215 e. The Hall–Kier alpha value is -1.79. The van der Waals surface area contributed by atoms with Gasteiger partial charge in [-0.05, 0) is 42.5 Å². The lowest BCUT2D eigenvalue weighted by molar-refractivity contribution is 0.555. The average Bonchev–Trinajstić information content (AvgIpc) is 2.94. The van der Waals surface area contributed by atoms with Crippen molar-refractivity contribution >= 4 is 10.0 Å². The first kappa shape index (κ1) is 15.1. The van der Waals surface area contributed by atoms with E-state index >= 15 is 0 Å². The van der Waals surface area contributed by atoms with Crippen molar-refractivity contribution in [3.8, 4) is 0 Å². The van der Waals surface area contributed by atoms with Crippen molar-refractivity contribution in [2.75, 3.05) is 0 Å². The Morgan fingerprint density at radius 3 is 2.50 bits per heavy atom. The topological polar surface area (TPSA) is 59.1 Å². The maximum absolute atomic E-state index is 13.9. The van der Waals surface area contributed by atoms with E-state index in [1.807, 2.05) is 24.3 Å². The lowest BCUT2D eigenvalue weighted by atomic mass is 10.1. The molecule has 4 nitrogen and oxygen atoms in total. The van der Waals surface area contributed by atoms with Crippen LogP contribution in [0.5, 0.6) is 0 Å². The number of aryl methyl sites for hydroxylation is 1. The Morgan fingerprint density at radius 1 is 1.23 bits per heavy atom. The van der Waals surface area contributed by atoms with E-state index in [9.17, 15) is 12.8 Å². The minimum Gasteiger partial charge on any atom is -0.257 e. The minimum absolute atomic E-state index is 0.122. The summed E-state index contributed by atoms with van der Waals surface area (Å²) in [6, 6.07) is 9.28. The normalized spacial score (nSPS) is 15.0. The molecule has 0 atom stereocenters. The van der Waals surface area contributed by atoms with Crippen LogP contribution in [-0.4, -0.2) is 18.7 Å². The number of aromatic nitrogens is 1. The predicted octanol–water partition coefficient (Wildman–Crippen LogP) is 2.12. The molecule has 1 aliphatic rings. The number of nitrogens with zero attached hydrogens (tertiary/aromatic N) is 1. The van der Waals surface area contributed by atoms with Crippen LogP contribution in [0.2, 0.25) is 0 Å². The zero-order valence-corrected chi connectivity index (χ0v) is 13.0. The van der Waals surface area contributed by atoms with Crippen molar-refractivity contribution in [2.24, 2.45) is 0 Å². The van der Waals surface area contributed by atoms with Gasteiger partial charge in [-0.3, -0.25) is 4.98 Å². The number of sulfonamides is 1. The van der Waals surface area contributed by atoms with E-state index in [-0.39, 0.29) is 12.2 Å². The molecule has 0 fully saturated rings. The van der Waals surface area contributed by atoms with E-state index in [1.54, 1.807) is 13.0 Å². The number of pyridine rings is 1. The van der Waals surface area contributed by atoms with Crippen LogP contribution < -0.4 is 4.72 Å². The van der Waals surface area contributed by atoms with E-state index in [4.69, 9.17) is 0 Å². The molecule has 6 heteroatoms. The number of hydrogen-bond donors (Lipinski definition) is 1. The molecule has 0 bridgehead atoms. The van der Waals surface area contributed by atoms with Crippen LogP contribution >= 0.6 is 0 Å². The van der Waals surface area contributed by atoms with E-state index in [2.05, 4.69) is 9.71 Å². The van der Waals surface area contributed by atoms with Gasteiger partial charge in [-0.1, -0.05) is 24.3 Å². The van der Waals surface area contributed by atoms with Crippen molar-refractivity contribution in [1.82, 2.24) is 9.71 Å². The monoisotopic (exact) mass is 320 g/mol. The lowest BCUT2D eigenvalue weighted by Crippen LogP contribution is -2.35. The first-order chi connectivity index (χ1) is 10.5. The Labute approximate surface area is 129 Å². The van der Waals surface area contributed by atoms with Crippen LogP contribution in [0.1, 0.15) is 22.4 Å². The highest BCUT2D eigenvalue weighted by atomic mass is 32.2. The Bertz CT molecular complexity index is 781. The third-order valence-corrected chi connectivity index (χ3v) is 5.81. The molecule has 0 saturated heterocycles. The van der Waals surface area contributed by atoms with Gasteiger partial charge in [0, 0.05) is 6.20 Å². The van der Waals surface area contributed by atoms with Gasteiger partial charge in [0.25, 0.3) is 0 Å². The first-order valence-corrected chi connectivity index (χ1v) is 8.67. The molecule has 116 valence electrons. The molecule has 1 heterocycles. The van der Waals surface area contributed by atoms with Gasteiger partial charge in [-0.2, -0.15) is 0 Å². The van der Waals surface area contributed by atoms with Gasteiger partial charge >= 0.3 is 0 Å². The summed E-state index contributed by atoms with van der Waals surface area (Å²) in [5.41, 5.74) is 2.71. The molecule has 1 aliphatic carbocycles. The summed E-state index contributed by atoms with van der Waals surface area (Å²) in [6.07, 6.45) is 2.47. The Morgan fingerprint density at radius 2 is 1.86 bits per heavy atom. The van der Waals surface area contributed by atoms with Crippen LogP contribution in [0.15, 0.2) is 36.5 Å². The van der Waals surface area contributed by atoms with E-state index in [1.165, 1.54) is 6.20 Å². The number of fused-ring (bicyclic) bond motifs is 1. The summed E-state index contributed by atoms with van der Waals surface area (Å²) < 4.78 is 41.2. The van der Waals surface area contributed by atoms with E-state index in [0.717, 1.165) is 11.1 Å². The fourth-order valence-electron chi connectivity index (χ4n) is 2.74. The number of rotatable bonds is 4. The molecule has 0 unspecified atom stereocenters. The number of benzene rings is 1. The highest BCUT2D eigenvalue weighted by Crippen LogP contribution is 2.26. The van der Waals surface area contributed by atoms with Crippen LogP contribution in [0.25, 0.3) is 0 Å². The molecule has 22 heavy (non-hydrogen) atoms. The molecule has 0 spiro atoms. The van der Waals surface area contributed by atoms with Crippen molar-refractivity contribution in [2.45, 2.75) is 31.6 Å². The van der Waals surface area contributed by atoms with Crippen molar-refractivity contribution in [3.63, 3.8) is 0 Å². The molecular formula is C16H17FN2O2S. The second-order valence-electron chi connectivity index (χ2n) is 5.55. The molecule has 1 aromatic heterocycles. The molecule has 0 radical (unpaired) electrons. The molecule has 0 amide bonds. The summed E-state index contributed by atoms with van der Waals surface area (Å²) in [5.74, 6) is -0.458. The van der Waals surface area contributed by atoms with Crippen molar-refractivity contribution in [3.05, 3.63) is 64.7 Å². The van der Waals surface area contributed by atoms with Crippen LogP contribution in [-0.2, 0) is 29.4 Å². The van der Waals surface area contributed by atoms with Gasteiger partial charge in [0.15, 0.2) is 0 Å². The second-order valence-corrected chi connectivity index (χ2v) is 7.60. The van der Waals surface area contributed by atoms with E-state index in [0.29, 0.717) is 18.4 Å². The molecular weight excluding hydrogens is 303 g/mol. The zero-order chi connectivity index (χ0) is 15.7. The summed E-state index contributed by atoms with van der Waals surface area (Å²) >= 11 is 0. The SMILES string of the molecule is Cc1ccnc(CNS(=O)(=O)C2Cc3ccccc3C2)c1F. The van der Waals surface area contributed by atoms with Gasteiger partial charge in [0.2, 0.25) is 10.0 Å². The van der Waals surface area contributed by atoms with Gasteiger partial charge in [-0.25, -0.2) is 17.5 Å². The zero-order valence-electron chi connectivity index (χ0n) is 12.2. The molecule has 1 aromatic carbocycles. The van der Waals surface area contributed by atoms with Gasteiger partial charge in [-0.15, -0.1) is 0 Å². The third kappa shape index (κ3) is 2.89. The highest BCUT2D eigenvalue weighted by Gasteiger charge is 2.32. The average molecular weight is 320 g/mol. The number of nitrogens with one attached hydrogen (secondary N) is 1. The quantitative estimate of drug-likeness (QED) is 0.939. The minimum atomic E-state index is -3.51. The fourth-order valence-corrected chi connectivity index (χ4v) is 4.12. The van der Waals surface area contributed by atoms with Crippen molar-refractivity contribution < 1.29 is 12.8 Å². The first-order valence-electron chi connectivity index (χ1n) is 7.12. The summed E-state index contributed by atoms with van der Waals surface area (Å²) in [6.45, 7) is 1.51. The maximum atomic E-state index is 13.9. The van der Waals surface area contributed by atoms with Gasteiger partial charge < -0.3 is 0 Å². The molecule has 1 N–H and O–H groups in total. The van der Waals surface area contributed by atoms with E-state index < -0.39 is 21.1 Å².